The number of benzene rings is 3. The van der Waals surface area contributed by atoms with Gasteiger partial charge >= 0.3 is 0 Å². The van der Waals surface area contributed by atoms with E-state index in [1.54, 1.807) is 24.3 Å². The standard InChI is InChI=1S/C22H22O4/c1-2-12-22(15-6-4-3-5-7-15,16-8-10-18(23)20(25)13-16)17-9-11-19(24)21(26)14-17/h3-11,13-14,23-26H,2,12H2,1H3. The van der Waals surface area contributed by atoms with Crippen LogP contribution in [0.15, 0.2) is 66.7 Å². The summed E-state index contributed by atoms with van der Waals surface area (Å²) in [6.07, 6.45) is 1.56. The predicted molar refractivity (Wildman–Crippen MR) is 101 cm³/mol. The van der Waals surface area contributed by atoms with Crippen LogP contribution in [0.2, 0.25) is 0 Å². The van der Waals surface area contributed by atoms with Gasteiger partial charge in [0, 0.05) is 5.41 Å². The fourth-order valence-corrected chi connectivity index (χ4v) is 3.61. The van der Waals surface area contributed by atoms with E-state index in [1.165, 1.54) is 12.1 Å². The second-order valence-corrected chi connectivity index (χ2v) is 6.43. The number of rotatable bonds is 5. The van der Waals surface area contributed by atoms with Gasteiger partial charge in [-0.05, 0) is 47.4 Å². The van der Waals surface area contributed by atoms with Crippen LogP contribution in [0.1, 0.15) is 36.5 Å². The molecule has 0 aromatic heterocycles. The molecule has 134 valence electrons. The Bertz CT molecular complexity index is 852. The van der Waals surface area contributed by atoms with Gasteiger partial charge in [-0.15, -0.1) is 0 Å². The Kier molecular flexibility index (Phi) is 4.76. The third-order valence-electron chi connectivity index (χ3n) is 4.83. The summed E-state index contributed by atoms with van der Waals surface area (Å²) in [6.45, 7) is 2.07. The van der Waals surface area contributed by atoms with Crippen LogP contribution in [0.3, 0.4) is 0 Å². The molecule has 4 heteroatoms. The van der Waals surface area contributed by atoms with E-state index in [2.05, 4.69) is 6.92 Å². The van der Waals surface area contributed by atoms with Crippen molar-refractivity contribution in [2.75, 3.05) is 0 Å². The summed E-state index contributed by atoms with van der Waals surface area (Å²) >= 11 is 0. The average Bonchev–Trinajstić information content (AvgIpc) is 2.65. The molecule has 0 amide bonds. The highest BCUT2D eigenvalue weighted by molar-refractivity contribution is 5.56. The highest BCUT2D eigenvalue weighted by Gasteiger charge is 2.36. The summed E-state index contributed by atoms with van der Waals surface area (Å²) in [5.74, 6) is -0.745. The van der Waals surface area contributed by atoms with Crippen molar-refractivity contribution < 1.29 is 20.4 Å². The summed E-state index contributed by atoms with van der Waals surface area (Å²) in [5.41, 5.74) is 1.95. The molecule has 0 saturated carbocycles. The van der Waals surface area contributed by atoms with Crippen molar-refractivity contribution in [3.8, 4) is 23.0 Å². The first-order valence-corrected chi connectivity index (χ1v) is 8.59. The minimum atomic E-state index is -0.646. The number of hydrogen-bond donors (Lipinski definition) is 4. The van der Waals surface area contributed by atoms with Crippen LogP contribution in [0.25, 0.3) is 0 Å². The minimum Gasteiger partial charge on any atom is -0.504 e. The van der Waals surface area contributed by atoms with E-state index in [-0.39, 0.29) is 23.0 Å². The van der Waals surface area contributed by atoms with E-state index >= 15 is 0 Å². The molecule has 0 aliphatic heterocycles. The highest BCUT2D eigenvalue weighted by Crippen LogP contribution is 2.46. The van der Waals surface area contributed by atoms with Crippen LogP contribution in [-0.4, -0.2) is 20.4 Å². The van der Waals surface area contributed by atoms with Gasteiger partial charge in [0.2, 0.25) is 0 Å². The Hall–Kier alpha value is -3.14. The molecule has 0 bridgehead atoms. The molecular formula is C22H22O4. The van der Waals surface area contributed by atoms with Crippen LogP contribution in [0, 0.1) is 0 Å². The van der Waals surface area contributed by atoms with E-state index in [0.29, 0.717) is 6.42 Å². The lowest BCUT2D eigenvalue weighted by Crippen LogP contribution is -2.29. The van der Waals surface area contributed by atoms with E-state index in [4.69, 9.17) is 0 Å². The molecule has 0 aliphatic carbocycles. The molecule has 4 N–H and O–H groups in total. The molecule has 0 aliphatic rings. The normalized spacial score (nSPS) is 11.4. The Balaban J connectivity index is 2.35. The van der Waals surface area contributed by atoms with Crippen LogP contribution < -0.4 is 0 Å². The third kappa shape index (κ3) is 2.94. The van der Waals surface area contributed by atoms with Crippen LogP contribution in [0.4, 0.5) is 0 Å². The van der Waals surface area contributed by atoms with E-state index in [1.807, 2.05) is 30.3 Å². The van der Waals surface area contributed by atoms with Crippen molar-refractivity contribution in [2.45, 2.75) is 25.2 Å². The van der Waals surface area contributed by atoms with Gasteiger partial charge in [-0.1, -0.05) is 55.8 Å². The van der Waals surface area contributed by atoms with Crippen LogP contribution in [0.5, 0.6) is 23.0 Å². The lowest BCUT2D eigenvalue weighted by molar-refractivity contribution is 0.399. The maximum atomic E-state index is 10.1. The smallest absolute Gasteiger partial charge is 0.157 e. The van der Waals surface area contributed by atoms with Crippen molar-refractivity contribution in [2.24, 2.45) is 0 Å². The lowest BCUT2D eigenvalue weighted by Gasteiger charge is -2.36. The molecule has 3 aromatic rings. The van der Waals surface area contributed by atoms with Crippen molar-refractivity contribution in [3.63, 3.8) is 0 Å². The second kappa shape index (κ2) is 7.00. The lowest BCUT2D eigenvalue weighted by atomic mass is 9.66. The molecule has 0 radical (unpaired) electrons. The Morgan fingerprint density at radius 2 is 1.12 bits per heavy atom. The number of phenols is 4. The van der Waals surface area contributed by atoms with Crippen molar-refractivity contribution in [3.05, 3.63) is 83.4 Å². The van der Waals surface area contributed by atoms with Gasteiger partial charge in [0.15, 0.2) is 23.0 Å². The van der Waals surface area contributed by atoms with Crippen molar-refractivity contribution in [1.29, 1.82) is 0 Å². The fourth-order valence-electron chi connectivity index (χ4n) is 3.61. The zero-order chi connectivity index (χ0) is 18.7. The fraction of sp³-hybridized carbons (Fsp3) is 0.182. The summed E-state index contributed by atoms with van der Waals surface area (Å²) in [5, 5.41) is 39.6. The first kappa shape index (κ1) is 17.7. The molecule has 4 nitrogen and oxygen atoms in total. The molecule has 0 heterocycles. The van der Waals surface area contributed by atoms with Gasteiger partial charge in [-0.2, -0.15) is 0 Å². The predicted octanol–water partition coefficient (Wildman–Crippen LogP) is 4.64. The minimum absolute atomic E-state index is 0.180. The maximum absolute atomic E-state index is 10.1. The van der Waals surface area contributed by atoms with Gasteiger partial charge in [-0.3, -0.25) is 0 Å². The Morgan fingerprint density at radius 3 is 1.54 bits per heavy atom. The zero-order valence-corrected chi connectivity index (χ0v) is 14.6. The van der Waals surface area contributed by atoms with E-state index < -0.39 is 5.41 Å². The molecule has 3 rings (SSSR count). The van der Waals surface area contributed by atoms with E-state index in [9.17, 15) is 20.4 Å². The quantitative estimate of drug-likeness (QED) is 0.399. The second-order valence-electron chi connectivity index (χ2n) is 6.43. The maximum Gasteiger partial charge on any atom is 0.157 e. The summed E-state index contributed by atoms with van der Waals surface area (Å²) in [4.78, 5) is 0. The summed E-state index contributed by atoms with van der Waals surface area (Å²) in [7, 11) is 0. The Morgan fingerprint density at radius 1 is 0.615 bits per heavy atom. The van der Waals surface area contributed by atoms with Gasteiger partial charge < -0.3 is 20.4 Å². The number of aromatic hydroxyl groups is 4. The molecular weight excluding hydrogens is 328 g/mol. The highest BCUT2D eigenvalue weighted by atomic mass is 16.3. The molecule has 0 saturated heterocycles. The van der Waals surface area contributed by atoms with Gasteiger partial charge in [0.05, 0.1) is 0 Å². The van der Waals surface area contributed by atoms with Crippen molar-refractivity contribution in [1.82, 2.24) is 0 Å². The molecule has 0 spiro atoms. The van der Waals surface area contributed by atoms with E-state index in [0.717, 1.165) is 23.1 Å². The largest absolute Gasteiger partial charge is 0.504 e. The molecule has 3 aromatic carbocycles. The van der Waals surface area contributed by atoms with Crippen molar-refractivity contribution >= 4 is 0 Å². The monoisotopic (exact) mass is 350 g/mol. The van der Waals surface area contributed by atoms with Crippen LogP contribution >= 0.6 is 0 Å². The molecule has 26 heavy (non-hydrogen) atoms. The summed E-state index contributed by atoms with van der Waals surface area (Å²) in [6, 6.07) is 19.4. The van der Waals surface area contributed by atoms with Gasteiger partial charge in [0.25, 0.3) is 0 Å². The summed E-state index contributed by atoms with van der Waals surface area (Å²) < 4.78 is 0. The topological polar surface area (TPSA) is 80.9 Å². The van der Waals surface area contributed by atoms with Crippen LogP contribution in [-0.2, 0) is 5.41 Å². The first-order chi connectivity index (χ1) is 12.5. The molecule has 0 atom stereocenters. The Labute approximate surface area is 152 Å². The third-order valence-corrected chi connectivity index (χ3v) is 4.83. The molecule has 0 fully saturated rings. The SMILES string of the molecule is CCCC(c1ccccc1)(c1ccc(O)c(O)c1)c1ccc(O)c(O)c1. The molecule has 0 unspecified atom stereocenters. The first-order valence-electron chi connectivity index (χ1n) is 8.59. The van der Waals surface area contributed by atoms with Gasteiger partial charge in [-0.25, -0.2) is 0 Å². The number of phenolic OH excluding ortho intramolecular Hbond substituents is 4. The number of hydrogen-bond acceptors (Lipinski definition) is 4. The zero-order valence-electron chi connectivity index (χ0n) is 14.6. The van der Waals surface area contributed by atoms with Gasteiger partial charge in [0.1, 0.15) is 0 Å². The average molecular weight is 350 g/mol.